The van der Waals surface area contributed by atoms with Crippen LogP contribution in [-0.2, 0) is 0 Å². The Hall–Kier alpha value is -2.43. The zero-order valence-electron chi connectivity index (χ0n) is 11.8. The minimum Gasteiger partial charge on any atom is -0.383 e. The predicted octanol–water partition coefficient (Wildman–Crippen LogP) is 2.21. The number of hydrogen-bond donors (Lipinski definition) is 2. The molecule has 5 heteroatoms. The lowest BCUT2D eigenvalue weighted by Gasteiger charge is -2.08. The summed E-state index contributed by atoms with van der Waals surface area (Å²) >= 11 is 0. The highest BCUT2D eigenvalue weighted by molar-refractivity contribution is 5.98. The number of benzene rings is 1. The van der Waals surface area contributed by atoms with Crippen molar-refractivity contribution in [3.05, 3.63) is 41.6 Å². The van der Waals surface area contributed by atoms with Gasteiger partial charge >= 0.3 is 0 Å². The third kappa shape index (κ3) is 2.77. The van der Waals surface area contributed by atoms with Crippen LogP contribution in [0.15, 0.2) is 30.5 Å². The molecule has 0 saturated carbocycles. The first-order valence-electron chi connectivity index (χ1n) is 6.48. The molecule has 0 spiro atoms. The molecule has 0 fully saturated rings. The molecule has 0 aliphatic heterocycles. The maximum Gasteiger partial charge on any atom is 0.256 e. The molecule has 2 aromatic rings. The smallest absolute Gasteiger partial charge is 0.256 e. The number of amides is 1. The van der Waals surface area contributed by atoms with Gasteiger partial charge in [0, 0.05) is 18.8 Å². The van der Waals surface area contributed by atoms with E-state index < -0.39 is 0 Å². The van der Waals surface area contributed by atoms with Crippen LogP contribution in [0.2, 0.25) is 0 Å². The van der Waals surface area contributed by atoms with Gasteiger partial charge in [0.2, 0.25) is 0 Å². The Bertz CT molecular complexity index is 620. The van der Waals surface area contributed by atoms with Crippen molar-refractivity contribution in [1.82, 2.24) is 15.3 Å². The Morgan fingerprint density at radius 3 is 2.40 bits per heavy atom. The number of carbonyl (C=O) groups excluding carboxylic acids is 1. The van der Waals surface area contributed by atoms with Gasteiger partial charge in [-0.2, -0.15) is 0 Å². The molecule has 1 aromatic heterocycles. The van der Waals surface area contributed by atoms with Gasteiger partial charge < -0.3 is 11.1 Å². The van der Waals surface area contributed by atoms with E-state index in [2.05, 4.69) is 29.1 Å². The van der Waals surface area contributed by atoms with Crippen molar-refractivity contribution >= 4 is 11.7 Å². The molecular weight excluding hydrogens is 252 g/mol. The van der Waals surface area contributed by atoms with E-state index in [1.807, 2.05) is 24.3 Å². The second-order valence-electron chi connectivity index (χ2n) is 4.85. The molecule has 2 rings (SSSR count). The van der Waals surface area contributed by atoms with E-state index in [0.29, 0.717) is 11.7 Å². The standard InChI is InChI=1S/C15H18N4O/c1-9(2)10-4-6-11(7-5-10)14-18-8-12(13(16)19-14)15(20)17-3/h4-9H,1-3H3,(H,17,20)(H2,16,18,19). The number of rotatable bonds is 3. The van der Waals surface area contributed by atoms with Crippen molar-refractivity contribution < 1.29 is 4.79 Å². The highest BCUT2D eigenvalue weighted by Gasteiger charge is 2.12. The molecule has 0 radical (unpaired) electrons. The number of nitrogens with two attached hydrogens (primary N) is 1. The summed E-state index contributed by atoms with van der Waals surface area (Å²) in [6, 6.07) is 8.02. The summed E-state index contributed by atoms with van der Waals surface area (Å²) in [5.74, 6) is 0.891. The molecule has 0 bridgehead atoms. The Labute approximate surface area is 118 Å². The van der Waals surface area contributed by atoms with Gasteiger partial charge in [0.05, 0.1) is 5.56 Å². The average Bonchev–Trinajstić information content (AvgIpc) is 2.46. The first-order chi connectivity index (χ1) is 9.52. The first kappa shape index (κ1) is 14.0. The van der Waals surface area contributed by atoms with Crippen LogP contribution in [0.5, 0.6) is 0 Å². The molecule has 104 valence electrons. The van der Waals surface area contributed by atoms with Crippen molar-refractivity contribution in [3.63, 3.8) is 0 Å². The maximum absolute atomic E-state index is 11.5. The SMILES string of the molecule is CNC(=O)c1cnc(-c2ccc(C(C)C)cc2)nc1N. The summed E-state index contributed by atoms with van der Waals surface area (Å²) < 4.78 is 0. The Kier molecular flexibility index (Phi) is 3.98. The van der Waals surface area contributed by atoms with Gasteiger partial charge in [-0.3, -0.25) is 4.79 Å². The van der Waals surface area contributed by atoms with Crippen LogP contribution in [0.4, 0.5) is 5.82 Å². The van der Waals surface area contributed by atoms with Crippen LogP contribution in [0.3, 0.4) is 0 Å². The van der Waals surface area contributed by atoms with Crippen LogP contribution < -0.4 is 11.1 Å². The fraction of sp³-hybridized carbons (Fsp3) is 0.267. The number of hydrogen-bond acceptors (Lipinski definition) is 4. The van der Waals surface area contributed by atoms with Gasteiger partial charge in [-0.05, 0) is 11.5 Å². The normalized spacial score (nSPS) is 10.6. The number of carbonyl (C=O) groups is 1. The zero-order valence-corrected chi connectivity index (χ0v) is 11.8. The lowest BCUT2D eigenvalue weighted by molar-refractivity contribution is 0.0963. The largest absolute Gasteiger partial charge is 0.383 e. The fourth-order valence-electron chi connectivity index (χ4n) is 1.86. The predicted molar refractivity (Wildman–Crippen MR) is 79.4 cm³/mol. The summed E-state index contributed by atoms with van der Waals surface area (Å²) in [5, 5.41) is 2.50. The minimum atomic E-state index is -0.288. The van der Waals surface area contributed by atoms with Crippen molar-refractivity contribution in [2.24, 2.45) is 0 Å². The van der Waals surface area contributed by atoms with E-state index in [4.69, 9.17) is 5.73 Å². The van der Waals surface area contributed by atoms with E-state index in [1.165, 1.54) is 11.8 Å². The topological polar surface area (TPSA) is 80.9 Å². The molecule has 0 aliphatic rings. The third-order valence-corrected chi connectivity index (χ3v) is 3.13. The number of nitrogens with one attached hydrogen (secondary N) is 1. The second kappa shape index (κ2) is 5.69. The van der Waals surface area contributed by atoms with Gasteiger partial charge in [-0.15, -0.1) is 0 Å². The highest BCUT2D eigenvalue weighted by Crippen LogP contribution is 2.21. The molecule has 20 heavy (non-hydrogen) atoms. The molecule has 0 atom stereocenters. The van der Waals surface area contributed by atoms with Crippen LogP contribution in [0, 0.1) is 0 Å². The number of nitrogen functional groups attached to an aromatic ring is 1. The third-order valence-electron chi connectivity index (χ3n) is 3.13. The van der Waals surface area contributed by atoms with Crippen LogP contribution in [0.25, 0.3) is 11.4 Å². The van der Waals surface area contributed by atoms with Crippen LogP contribution in [-0.4, -0.2) is 22.9 Å². The molecule has 0 unspecified atom stereocenters. The second-order valence-corrected chi connectivity index (χ2v) is 4.85. The molecule has 1 aromatic carbocycles. The number of anilines is 1. The zero-order chi connectivity index (χ0) is 14.7. The van der Waals surface area contributed by atoms with E-state index in [1.54, 1.807) is 7.05 Å². The number of nitrogens with zero attached hydrogens (tertiary/aromatic N) is 2. The van der Waals surface area contributed by atoms with E-state index >= 15 is 0 Å². The maximum atomic E-state index is 11.5. The van der Waals surface area contributed by atoms with Crippen molar-refractivity contribution in [3.8, 4) is 11.4 Å². The summed E-state index contributed by atoms with van der Waals surface area (Å²) in [7, 11) is 1.54. The Balaban J connectivity index is 2.34. The average molecular weight is 270 g/mol. The van der Waals surface area contributed by atoms with Crippen LogP contribution >= 0.6 is 0 Å². The van der Waals surface area contributed by atoms with Gasteiger partial charge in [0.1, 0.15) is 5.82 Å². The highest BCUT2D eigenvalue weighted by atomic mass is 16.1. The molecule has 1 heterocycles. The molecular formula is C15H18N4O. The van der Waals surface area contributed by atoms with Gasteiger partial charge in [-0.1, -0.05) is 38.1 Å². The van der Waals surface area contributed by atoms with Gasteiger partial charge in [0.15, 0.2) is 5.82 Å². The van der Waals surface area contributed by atoms with Crippen molar-refractivity contribution in [2.75, 3.05) is 12.8 Å². The number of aromatic nitrogens is 2. The monoisotopic (exact) mass is 270 g/mol. The summed E-state index contributed by atoms with van der Waals surface area (Å²) in [4.78, 5) is 19.9. The Morgan fingerprint density at radius 1 is 1.25 bits per heavy atom. The van der Waals surface area contributed by atoms with E-state index in [-0.39, 0.29) is 17.3 Å². The Morgan fingerprint density at radius 2 is 1.90 bits per heavy atom. The van der Waals surface area contributed by atoms with Crippen LogP contribution in [0.1, 0.15) is 35.7 Å². The summed E-state index contributed by atoms with van der Waals surface area (Å²) in [5.41, 5.74) is 8.22. The minimum absolute atomic E-state index is 0.183. The molecule has 0 aliphatic carbocycles. The summed E-state index contributed by atoms with van der Waals surface area (Å²) in [6.07, 6.45) is 1.45. The molecule has 1 amide bonds. The van der Waals surface area contributed by atoms with E-state index in [9.17, 15) is 4.79 Å². The fourth-order valence-corrected chi connectivity index (χ4v) is 1.86. The van der Waals surface area contributed by atoms with E-state index in [0.717, 1.165) is 5.56 Å². The van der Waals surface area contributed by atoms with Crippen molar-refractivity contribution in [2.45, 2.75) is 19.8 Å². The first-order valence-corrected chi connectivity index (χ1v) is 6.48. The molecule has 5 nitrogen and oxygen atoms in total. The van der Waals surface area contributed by atoms with Gasteiger partial charge in [0.25, 0.3) is 5.91 Å². The van der Waals surface area contributed by atoms with Crippen molar-refractivity contribution in [1.29, 1.82) is 0 Å². The van der Waals surface area contributed by atoms with Gasteiger partial charge in [-0.25, -0.2) is 9.97 Å². The lowest BCUT2D eigenvalue weighted by Crippen LogP contribution is -2.20. The summed E-state index contributed by atoms with van der Waals surface area (Å²) in [6.45, 7) is 4.28. The molecule has 3 N–H and O–H groups in total. The molecule has 0 saturated heterocycles. The quantitative estimate of drug-likeness (QED) is 0.896. The lowest BCUT2D eigenvalue weighted by atomic mass is 10.0.